The summed E-state index contributed by atoms with van der Waals surface area (Å²) in [5.41, 5.74) is 0.900. The summed E-state index contributed by atoms with van der Waals surface area (Å²) in [6.07, 6.45) is 8.71. The fourth-order valence-corrected chi connectivity index (χ4v) is 3.74. The lowest BCUT2D eigenvalue weighted by Crippen LogP contribution is -2.39. The molecule has 0 unspecified atom stereocenters. The molecule has 5 heteroatoms. The number of carbonyl (C=O) groups excluding carboxylic acids is 2. The van der Waals surface area contributed by atoms with Crippen molar-refractivity contribution in [3.8, 4) is 5.75 Å². The standard InChI is InChI=1S/C20H28N2O3/c1-21(16-7-4-2-3-5-8-16)20(24)15-25-18-12-10-17(11-13-18)22-14-6-9-19(22)23/h10-13,16H,2-9,14-15H2,1H3. The molecule has 0 aromatic heterocycles. The van der Waals surface area contributed by atoms with Crippen molar-refractivity contribution >= 4 is 17.5 Å². The van der Waals surface area contributed by atoms with Crippen molar-refractivity contribution in [1.82, 2.24) is 4.90 Å². The lowest BCUT2D eigenvalue weighted by atomic mass is 10.1. The predicted molar refractivity (Wildman–Crippen MR) is 97.8 cm³/mol. The largest absolute Gasteiger partial charge is 0.484 e. The van der Waals surface area contributed by atoms with Gasteiger partial charge in [0.1, 0.15) is 5.75 Å². The van der Waals surface area contributed by atoms with Crippen LogP contribution in [0.15, 0.2) is 24.3 Å². The Morgan fingerprint density at radius 1 is 1.12 bits per heavy atom. The molecule has 0 atom stereocenters. The number of carbonyl (C=O) groups is 2. The second-order valence-corrected chi connectivity index (χ2v) is 7.08. The van der Waals surface area contributed by atoms with Crippen LogP contribution < -0.4 is 9.64 Å². The van der Waals surface area contributed by atoms with Gasteiger partial charge in [0.25, 0.3) is 5.91 Å². The number of amides is 2. The van der Waals surface area contributed by atoms with Crippen LogP contribution in [0.3, 0.4) is 0 Å². The minimum Gasteiger partial charge on any atom is -0.484 e. The third-order valence-electron chi connectivity index (χ3n) is 5.35. The Balaban J connectivity index is 1.50. The number of ether oxygens (including phenoxy) is 1. The van der Waals surface area contributed by atoms with Crippen molar-refractivity contribution in [2.75, 3.05) is 25.1 Å². The van der Waals surface area contributed by atoms with Gasteiger partial charge in [-0.3, -0.25) is 9.59 Å². The minimum absolute atomic E-state index is 0.0331. The topological polar surface area (TPSA) is 49.9 Å². The summed E-state index contributed by atoms with van der Waals surface area (Å²) in [6.45, 7) is 0.846. The van der Waals surface area contributed by atoms with Crippen molar-refractivity contribution < 1.29 is 14.3 Å². The first-order valence-electron chi connectivity index (χ1n) is 9.44. The maximum Gasteiger partial charge on any atom is 0.260 e. The molecule has 2 aliphatic rings. The average molecular weight is 344 g/mol. The molecule has 25 heavy (non-hydrogen) atoms. The number of anilines is 1. The van der Waals surface area contributed by atoms with Crippen molar-refractivity contribution in [2.24, 2.45) is 0 Å². The number of rotatable bonds is 5. The fourth-order valence-electron chi connectivity index (χ4n) is 3.74. The third-order valence-corrected chi connectivity index (χ3v) is 5.35. The van der Waals surface area contributed by atoms with Crippen molar-refractivity contribution in [1.29, 1.82) is 0 Å². The minimum atomic E-state index is 0.0331. The van der Waals surface area contributed by atoms with Crippen molar-refractivity contribution in [2.45, 2.75) is 57.4 Å². The van der Waals surface area contributed by atoms with Gasteiger partial charge in [-0.05, 0) is 43.5 Å². The van der Waals surface area contributed by atoms with E-state index in [-0.39, 0.29) is 18.4 Å². The van der Waals surface area contributed by atoms with Crippen LogP contribution in [0, 0.1) is 0 Å². The average Bonchev–Trinajstić information content (AvgIpc) is 2.89. The summed E-state index contributed by atoms with van der Waals surface area (Å²) in [6, 6.07) is 7.79. The van der Waals surface area contributed by atoms with Gasteiger partial charge in [0.2, 0.25) is 5.91 Å². The summed E-state index contributed by atoms with van der Waals surface area (Å²) < 4.78 is 5.66. The second kappa shape index (κ2) is 8.37. The first-order valence-corrected chi connectivity index (χ1v) is 9.44. The number of benzene rings is 1. The molecule has 1 aromatic carbocycles. The Morgan fingerprint density at radius 3 is 2.40 bits per heavy atom. The third kappa shape index (κ3) is 4.53. The van der Waals surface area contributed by atoms with Crippen LogP contribution in [-0.4, -0.2) is 43.0 Å². The highest BCUT2D eigenvalue weighted by molar-refractivity contribution is 5.95. The van der Waals surface area contributed by atoms with Crippen LogP contribution in [0.4, 0.5) is 5.69 Å². The molecule has 1 saturated carbocycles. The van der Waals surface area contributed by atoms with E-state index >= 15 is 0 Å². The van der Waals surface area contributed by atoms with Crippen molar-refractivity contribution in [3.63, 3.8) is 0 Å². The number of likely N-dealkylation sites (N-methyl/N-ethyl adjacent to an activating group) is 1. The maximum absolute atomic E-state index is 12.4. The van der Waals surface area contributed by atoms with E-state index in [0.717, 1.165) is 31.5 Å². The number of hydrogen-bond donors (Lipinski definition) is 0. The number of nitrogens with zero attached hydrogens (tertiary/aromatic N) is 2. The molecule has 0 N–H and O–H groups in total. The summed E-state index contributed by atoms with van der Waals surface area (Å²) >= 11 is 0. The van der Waals surface area contributed by atoms with Crippen molar-refractivity contribution in [3.05, 3.63) is 24.3 Å². The Labute approximate surface area is 149 Å². The van der Waals surface area contributed by atoms with Gasteiger partial charge in [0.15, 0.2) is 6.61 Å². The van der Waals surface area contributed by atoms with Crippen LogP contribution in [0.25, 0.3) is 0 Å². The smallest absolute Gasteiger partial charge is 0.260 e. The molecule has 2 fully saturated rings. The molecule has 1 aromatic rings. The first-order chi connectivity index (χ1) is 12.1. The Kier molecular flexibility index (Phi) is 5.95. The molecule has 5 nitrogen and oxygen atoms in total. The molecule has 0 radical (unpaired) electrons. The predicted octanol–water partition coefficient (Wildman–Crippen LogP) is 3.37. The fraction of sp³-hybridized carbons (Fsp3) is 0.600. The maximum atomic E-state index is 12.4. The highest BCUT2D eigenvalue weighted by atomic mass is 16.5. The normalized spacial score (nSPS) is 18.9. The highest BCUT2D eigenvalue weighted by Gasteiger charge is 2.22. The second-order valence-electron chi connectivity index (χ2n) is 7.08. The molecule has 1 heterocycles. The van der Waals surface area contributed by atoms with E-state index in [4.69, 9.17) is 4.74 Å². The van der Waals surface area contributed by atoms with Gasteiger partial charge in [-0.1, -0.05) is 25.7 Å². The summed E-state index contributed by atoms with van der Waals surface area (Å²) in [7, 11) is 1.89. The van der Waals surface area contributed by atoms with E-state index in [1.54, 1.807) is 4.90 Å². The molecule has 1 aliphatic carbocycles. The van der Waals surface area contributed by atoms with Crippen LogP contribution >= 0.6 is 0 Å². The van der Waals surface area contributed by atoms with Crippen LogP contribution in [0.5, 0.6) is 5.75 Å². The van der Waals surface area contributed by atoms with E-state index in [9.17, 15) is 9.59 Å². The SMILES string of the molecule is CN(C(=O)COc1ccc(N2CCCC2=O)cc1)C1CCCCCC1. The van der Waals surface area contributed by atoms with E-state index < -0.39 is 0 Å². The molecule has 1 saturated heterocycles. The van der Waals surface area contributed by atoms with E-state index in [1.807, 2.05) is 36.2 Å². The van der Waals surface area contributed by atoms with Crippen LogP contribution in [0.1, 0.15) is 51.4 Å². The summed E-state index contributed by atoms with van der Waals surface area (Å²) in [4.78, 5) is 27.8. The van der Waals surface area contributed by atoms with E-state index in [2.05, 4.69) is 0 Å². The van der Waals surface area contributed by atoms with Crippen LogP contribution in [0.2, 0.25) is 0 Å². The first kappa shape index (κ1) is 17.8. The Morgan fingerprint density at radius 2 is 1.80 bits per heavy atom. The van der Waals surface area contributed by atoms with Gasteiger partial charge in [0, 0.05) is 31.7 Å². The Hall–Kier alpha value is -2.04. The molecular formula is C20H28N2O3. The Bertz CT molecular complexity index is 591. The zero-order valence-electron chi connectivity index (χ0n) is 15.1. The lowest BCUT2D eigenvalue weighted by Gasteiger charge is -2.27. The highest BCUT2D eigenvalue weighted by Crippen LogP contribution is 2.24. The molecule has 1 aliphatic heterocycles. The number of hydrogen-bond acceptors (Lipinski definition) is 3. The monoisotopic (exact) mass is 344 g/mol. The molecule has 0 bridgehead atoms. The molecule has 0 spiro atoms. The quantitative estimate of drug-likeness (QED) is 0.770. The molecular weight excluding hydrogens is 316 g/mol. The van der Waals surface area contributed by atoms with Gasteiger partial charge in [-0.2, -0.15) is 0 Å². The van der Waals surface area contributed by atoms with E-state index in [1.165, 1.54) is 25.7 Å². The van der Waals surface area contributed by atoms with Gasteiger partial charge < -0.3 is 14.5 Å². The van der Waals surface area contributed by atoms with Gasteiger partial charge in [-0.25, -0.2) is 0 Å². The molecule has 2 amide bonds. The summed E-state index contributed by atoms with van der Waals surface area (Å²) in [5.74, 6) is 0.873. The van der Waals surface area contributed by atoms with Gasteiger partial charge >= 0.3 is 0 Å². The van der Waals surface area contributed by atoms with E-state index in [0.29, 0.717) is 18.2 Å². The molecule has 136 valence electrons. The zero-order chi connectivity index (χ0) is 17.6. The lowest BCUT2D eigenvalue weighted by molar-refractivity contribution is -0.134. The van der Waals surface area contributed by atoms with Crippen LogP contribution in [-0.2, 0) is 9.59 Å². The van der Waals surface area contributed by atoms with Gasteiger partial charge in [-0.15, -0.1) is 0 Å². The summed E-state index contributed by atoms with van der Waals surface area (Å²) in [5, 5.41) is 0. The zero-order valence-corrected chi connectivity index (χ0v) is 15.1. The van der Waals surface area contributed by atoms with Gasteiger partial charge in [0.05, 0.1) is 0 Å². The molecule has 3 rings (SSSR count).